The maximum Gasteiger partial charge on any atom is 0.122 e. The van der Waals surface area contributed by atoms with Crippen molar-refractivity contribution in [2.45, 2.75) is 6.42 Å². The van der Waals surface area contributed by atoms with E-state index in [1.165, 1.54) is 6.21 Å². The lowest BCUT2D eigenvalue weighted by atomic mass is 10.0. The van der Waals surface area contributed by atoms with Gasteiger partial charge in [-0.3, -0.25) is 0 Å². The molecule has 0 aliphatic carbocycles. The van der Waals surface area contributed by atoms with E-state index >= 15 is 0 Å². The lowest BCUT2D eigenvalue weighted by Crippen LogP contribution is -1.97. The third-order valence-corrected chi connectivity index (χ3v) is 3.04. The lowest BCUT2D eigenvalue weighted by molar-refractivity contribution is 0.405. The summed E-state index contributed by atoms with van der Waals surface area (Å²) in [5.41, 5.74) is 3.02. The molecule has 0 radical (unpaired) electrons. The average Bonchev–Trinajstić information content (AvgIpc) is 2.47. The molecule has 0 unspecified atom stereocenters. The first-order chi connectivity index (χ1) is 9.28. The molecule has 0 fully saturated rings. The fraction of sp³-hybridized carbons (Fsp3) is 0.188. The second-order valence-electron chi connectivity index (χ2n) is 4.20. The van der Waals surface area contributed by atoms with Crippen LogP contribution in [0.25, 0.3) is 0 Å². The molecule has 2 aromatic rings. The molecule has 3 heteroatoms. The van der Waals surface area contributed by atoms with Crippen LogP contribution in [0.5, 0.6) is 11.5 Å². The van der Waals surface area contributed by atoms with Crippen LogP contribution >= 0.6 is 0 Å². The van der Waals surface area contributed by atoms with Gasteiger partial charge in [0.15, 0.2) is 0 Å². The second kappa shape index (κ2) is 6.05. The molecule has 0 heterocycles. The normalized spacial score (nSPS) is 10.0. The van der Waals surface area contributed by atoms with Gasteiger partial charge in [0.05, 0.1) is 14.2 Å². The molecule has 0 spiro atoms. The van der Waals surface area contributed by atoms with E-state index in [2.05, 4.69) is 0 Å². The summed E-state index contributed by atoms with van der Waals surface area (Å²) in [6, 6.07) is 13.7. The summed E-state index contributed by atoms with van der Waals surface area (Å²) in [6.07, 6.45) is 2.06. The molecule has 0 aliphatic rings. The lowest BCUT2D eigenvalue weighted by Gasteiger charge is -2.12. The largest absolute Gasteiger partial charge is 0.496 e. The zero-order chi connectivity index (χ0) is 13.7. The van der Waals surface area contributed by atoms with E-state index in [-0.39, 0.29) is 0 Å². The molecule has 0 bridgehead atoms. The molecular weight excluding hydrogens is 238 g/mol. The Morgan fingerprint density at radius 3 is 2.32 bits per heavy atom. The topological polar surface area (TPSA) is 42.3 Å². The Labute approximate surface area is 113 Å². The van der Waals surface area contributed by atoms with Gasteiger partial charge >= 0.3 is 0 Å². The highest BCUT2D eigenvalue weighted by Gasteiger charge is 2.08. The fourth-order valence-electron chi connectivity index (χ4n) is 2.08. The number of nitrogens with one attached hydrogen (secondary N) is 1. The number of benzene rings is 2. The molecule has 0 amide bonds. The van der Waals surface area contributed by atoms with Crippen LogP contribution in [0.15, 0.2) is 42.5 Å². The highest BCUT2D eigenvalue weighted by Crippen LogP contribution is 2.26. The first-order valence-corrected chi connectivity index (χ1v) is 6.07. The summed E-state index contributed by atoms with van der Waals surface area (Å²) in [6.45, 7) is 0. The minimum absolute atomic E-state index is 0.717. The van der Waals surface area contributed by atoms with Gasteiger partial charge in [-0.25, -0.2) is 0 Å². The van der Waals surface area contributed by atoms with Crippen LogP contribution in [-0.2, 0) is 6.42 Å². The number of para-hydroxylation sites is 1. The van der Waals surface area contributed by atoms with Crippen LogP contribution in [0.1, 0.15) is 16.7 Å². The van der Waals surface area contributed by atoms with Crippen molar-refractivity contribution in [3.05, 3.63) is 59.2 Å². The minimum Gasteiger partial charge on any atom is -0.496 e. The van der Waals surface area contributed by atoms with Crippen molar-refractivity contribution in [3.63, 3.8) is 0 Å². The highest BCUT2D eigenvalue weighted by molar-refractivity contribution is 5.77. The van der Waals surface area contributed by atoms with Gasteiger partial charge in [-0.2, -0.15) is 0 Å². The van der Waals surface area contributed by atoms with Crippen LogP contribution in [-0.4, -0.2) is 20.4 Å². The standard InChI is InChI=1S/C16H17NO2/c1-18-15-6-4-3-5-13(15)10-14-9-12(11-17)7-8-16(14)19-2/h3-9,11,17H,10H2,1-2H3. The van der Waals surface area contributed by atoms with Crippen LogP contribution in [0.4, 0.5) is 0 Å². The first-order valence-electron chi connectivity index (χ1n) is 6.07. The molecule has 0 aliphatic heterocycles. The van der Waals surface area contributed by atoms with Crippen LogP contribution in [0.2, 0.25) is 0 Å². The molecule has 0 aromatic heterocycles. The SMILES string of the molecule is COc1ccccc1Cc1cc(C=N)ccc1OC. The van der Waals surface area contributed by atoms with Gasteiger partial charge in [0.25, 0.3) is 0 Å². The Hall–Kier alpha value is -2.29. The minimum atomic E-state index is 0.717. The molecule has 0 saturated heterocycles. The number of rotatable bonds is 5. The Kier molecular flexibility index (Phi) is 4.18. The summed E-state index contributed by atoms with van der Waals surface area (Å²) in [4.78, 5) is 0. The smallest absolute Gasteiger partial charge is 0.122 e. The highest BCUT2D eigenvalue weighted by atomic mass is 16.5. The van der Waals surface area contributed by atoms with Crippen molar-refractivity contribution in [1.29, 1.82) is 5.41 Å². The summed E-state index contributed by atoms with van der Waals surface area (Å²) < 4.78 is 10.7. The van der Waals surface area contributed by atoms with Crippen LogP contribution < -0.4 is 9.47 Å². The Balaban J connectivity index is 2.38. The van der Waals surface area contributed by atoms with Crippen molar-refractivity contribution in [3.8, 4) is 11.5 Å². The van der Waals surface area contributed by atoms with E-state index in [1.54, 1.807) is 14.2 Å². The number of hydrogen-bond acceptors (Lipinski definition) is 3. The zero-order valence-electron chi connectivity index (χ0n) is 11.1. The number of ether oxygens (including phenoxy) is 2. The van der Waals surface area contributed by atoms with Crippen molar-refractivity contribution in [2.24, 2.45) is 0 Å². The summed E-state index contributed by atoms with van der Waals surface area (Å²) >= 11 is 0. The van der Waals surface area contributed by atoms with Crippen molar-refractivity contribution < 1.29 is 9.47 Å². The molecular formula is C16H17NO2. The third-order valence-electron chi connectivity index (χ3n) is 3.04. The van der Waals surface area contributed by atoms with Gasteiger partial charge in [0.2, 0.25) is 0 Å². The fourth-order valence-corrected chi connectivity index (χ4v) is 2.08. The first kappa shape index (κ1) is 13.1. The zero-order valence-corrected chi connectivity index (χ0v) is 11.1. The molecule has 3 nitrogen and oxygen atoms in total. The van der Waals surface area contributed by atoms with Crippen molar-refractivity contribution in [1.82, 2.24) is 0 Å². The van der Waals surface area contributed by atoms with E-state index < -0.39 is 0 Å². The predicted octanol–water partition coefficient (Wildman–Crippen LogP) is 3.29. The molecule has 19 heavy (non-hydrogen) atoms. The van der Waals surface area contributed by atoms with Gasteiger partial charge in [-0.15, -0.1) is 0 Å². The molecule has 0 saturated carbocycles. The van der Waals surface area contributed by atoms with Crippen molar-refractivity contribution in [2.75, 3.05) is 14.2 Å². The average molecular weight is 255 g/mol. The van der Waals surface area contributed by atoms with Gasteiger partial charge in [0, 0.05) is 12.6 Å². The van der Waals surface area contributed by atoms with Gasteiger partial charge < -0.3 is 14.9 Å². The molecule has 98 valence electrons. The van der Waals surface area contributed by atoms with E-state index in [1.807, 2.05) is 42.5 Å². The van der Waals surface area contributed by atoms with E-state index in [0.717, 1.165) is 34.6 Å². The molecule has 1 N–H and O–H groups in total. The van der Waals surface area contributed by atoms with E-state index in [4.69, 9.17) is 14.9 Å². The van der Waals surface area contributed by atoms with Gasteiger partial charge in [-0.05, 0) is 41.0 Å². The summed E-state index contributed by atoms with van der Waals surface area (Å²) in [5.74, 6) is 1.70. The Morgan fingerprint density at radius 1 is 0.947 bits per heavy atom. The molecule has 0 atom stereocenters. The summed E-state index contributed by atoms with van der Waals surface area (Å²) in [5, 5.41) is 7.34. The molecule has 2 rings (SSSR count). The van der Waals surface area contributed by atoms with Gasteiger partial charge in [-0.1, -0.05) is 18.2 Å². The Bertz CT molecular complexity index is 579. The quantitative estimate of drug-likeness (QED) is 0.833. The van der Waals surface area contributed by atoms with Crippen LogP contribution in [0, 0.1) is 5.41 Å². The predicted molar refractivity (Wildman–Crippen MR) is 76.7 cm³/mol. The maximum absolute atomic E-state index is 7.34. The molecule has 2 aromatic carbocycles. The Morgan fingerprint density at radius 2 is 1.63 bits per heavy atom. The number of hydrogen-bond donors (Lipinski definition) is 1. The van der Waals surface area contributed by atoms with E-state index in [9.17, 15) is 0 Å². The van der Waals surface area contributed by atoms with Crippen LogP contribution in [0.3, 0.4) is 0 Å². The second-order valence-corrected chi connectivity index (χ2v) is 4.20. The summed E-state index contributed by atoms with van der Waals surface area (Å²) in [7, 11) is 3.33. The van der Waals surface area contributed by atoms with Gasteiger partial charge in [0.1, 0.15) is 11.5 Å². The number of methoxy groups -OCH3 is 2. The maximum atomic E-state index is 7.34. The monoisotopic (exact) mass is 255 g/mol. The van der Waals surface area contributed by atoms with Crippen molar-refractivity contribution >= 4 is 6.21 Å². The van der Waals surface area contributed by atoms with E-state index in [0.29, 0.717) is 0 Å². The third kappa shape index (κ3) is 2.94.